The number of likely N-dealkylation sites (N-methyl/N-ethyl adjacent to an activating group) is 1. The summed E-state index contributed by atoms with van der Waals surface area (Å²) in [5.41, 5.74) is 1.08. The van der Waals surface area contributed by atoms with Gasteiger partial charge in [-0.25, -0.2) is 18.4 Å². The van der Waals surface area contributed by atoms with Gasteiger partial charge in [-0.2, -0.15) is 0 Å². The molecule has 0 radical (unpaired) electrons. The van der Waals surface area contributed by atoms with Crippen molar-refractivity contribution < 1.29 is 17.9 Å². The van der Waals surface area contributed by atoms with Gasteiger partial charge in [0.05, 0.1) is 16.9 Å². The Labute approximate surface area is 173 Å². The SMILES string of the molecule is CCN(C(=O)COc1ncnc2sc(-c3ccccc3)cc12)[C@@H]1CCS(=O)(=O)C1. The van der Waals surface area contributed by atoms with Gasteiger partial charge in [-0.15, -0.1) is 11.3 Å². The van der Waals surface area contributed by atoms with Crippen LogP contribution in [0.5, 0.6) is 5.88 Å². The van der Waals surface area contributed by atoms with Gasteiger partial charge >= 0.3 is 0 Å². The van der Waals surface area contributed by atoms with Crippen molar-refractivity contribution in [2.75, 3.05) is 24.7 Å². The molecule has 0 saturated carbocycles. The number of aromatic nitrogens is 2. The predicted octanol–water partition coefficient (Wildman–Crippen LogP) is 2.77. The van der Waals surface area contributed by atoms with Crippen molar-refractivity contribution in [2.45, 2.75) is 19.4 Å². The van der Waals surface area contributed by atoms with Crippen LogP contribution in [0.4, 0.5) is 0 Å². The normalized spacial score (nSPS) is 18.0. The average molecular weight is 432 g/mol. The van der Waals surface area contributed by atoms with E-state index < -0.39 is 9.84 Å². The summed E-state index contributed by atoms with van der Waals surface area (Å²) in [6, 6.07) is 11.7. The molecule has 9 heteroatoms. The number of benzene rings is 1. The Morgan fingerprint density at radius 1 is 1.28 bits per heavy atom. The van der Waals surface area contributed by atoms with Crippen LogP contribution in [0.1, 0.15) is 13.3 Å². The number of rotatable bonds is 6. The predicted molar refractivity (Wildman–Crippen MR) is 113 cm³/mol. The fraction of sp³-hybridized carbons (Fsp3) is 0.350. The van der Waals surface area contributed by atoms with Gasteiger partial charge < -0.3 is 9.64 Å². The topological polar surface area (TPSA) is 89.5 Å². The third-order valence-corrected chi connectivity index (χ3v) is 7.84. The number of fused-ring (bicyclic) bond motifs is 1. The zero-order valence-electron chi connectivity index (χ0n) is 15.9. The van der Waals surface area contributed by atoms with Crippen LogP contribution in [-0.4, -0.2) is 59.9 Å². The second kappa shape index (κ2) is 8.08. The Kier molecular flexibility index (Phi) is 5.51. The van der Waals surface area contributed by atoms with Crippen molar-refractivity contribution in [1.29, 1.82) is 0 Å². The summed E-state index contributed by atoms with van der Waals surface area (Å²) >= 11 is 1.54. The zero-order chi connectivity index (χ0) is 20.4. The van der Waals surface area contributed by atoms with E-state index in [1.165, 1.54) is 17.7 Å². The van der Waals surface area contributed by atoms with Gasteiger partial charge in [-0.3, -0.25) is 4.79 Å². The van der Waals surface area contributed by atoms with Gasteiger partial charge in [0.1, 0.15) is 11.2 Å². The molecular formula is C20H21N3O4S2. The molecular weight excluding hydrogens is 410 g/mol. The lowest BCUT2D eigenvalue weighted by atomic mass is 10.2. The average Bonchev–Trinajstić information content (AvgIpc) is 3.31. The molecule has 4 rings (SSSR count). The summed E-state index contributed by atoms with van der Waals surface area (Å²) in [7, 11) is -3.06. The van der Waals surface area contributed by atoms with Crippen LogP contribution in [-0.2, 0) is 14.6 Å². The van der Waals surface area contributed by atoms with Gasteiger partial charge in [0, 0.05) is 17.5 Å². The van der Waals surface area contributed by atoms with E-state index >= 15 is 0 Å². The minimum Gasteiger partial charge on any atom is -0.467 e. The number of thiophene rings is 1. The van der Waals surface area contributed by atoms with Crippen LogP contribution >= 0.6 is 11.3 Å². The van der Waals surface area contributed by atoms with Crippen molar-refractivity contribution in [2.24, 2.45) is 0 Å². The number of sulfone groups is 1. The second-order valence-corrected chi connectivity index (χ2v) is 10.2. The molecule has 3 aromatic rings. The van der Waals surface area contributed by atoms with Gasteiger partial charge in [-0.1, -0.05) is 30.3 Å². The van der Waals surface area contributed by atoms with Crippen LogP contribution in [0.3, 0.4) is 0 Å². The number of amides is 1. The molecule has 29 heavy (non-hydrogen) atoms. The zero-order valence-corrected chi connectivity index (χ0v) is 17.6. The Morgan fingerprint density at radius 2 is 2.07 bits per heavy atom. The third kappa shape index (κ3) is 4.25. The molecule has 0 unspecified atom stereocenters. The summed E-state index contributed by atoms with van der Waals surface area (Å²) < 4.78 is 29.2. The first-order valence-electron chi connectivity index (χ1n) is 9.39. The molecule has 1 atom stereocenters. The van der Waals surface area contributed by atoms with Crippen molar-refractivity contribution >= 4 is 37.3 Å². The third-order valence-electron chi connectivity index (χ3n) is 4.99. The minimum atomic E-state index is -3.06. The largest absolute Gasteiger partial charge is 0.467 e. The molecule has 0 aliphatic carbocycles. The number of hydrogen-bond acceptors (Lipinski definition) is 7. The number of carbonyl (C=O) groups excluding carboxylic acids is 1. The first-order valence-corrected chi connectivity index (χ1v) is 12.0. The van der Waals surface area contributed by atoms with Gasteiger partial charge in [0.25, 0.3) is 5.91 Å². The number of nitrogens with zero attached hydrogens (tertiary/aromatic N) is 3. The lowest BCUT2D eigenvalue weighted by Gasteiger charge is -2.26. The van der Waals surface area contributed by atoms with Crippen LogP contribution in [0, 0.1) is 0 Å². The van der Waals surface area contributed by atoms with E-state index in [1.807, 2.05) is 43.3 Å². The Morgan fingerprint density at radius 3 is 2.76 bits per heavy atom. The van der Waals surface area contributed by atoms with Crippen molar-refractivity contribution in [3.8, 4) is 16.3 Å². The first-order chi connectivity index (χ1) is 14.0. The highest BCUT2D eigenvalue weighted by Gasteiger charge is 2.34. The molecule has 1 saturated heterocycles. The molecule has 1 aliphatic heterocycles. The number of hydrogen-bond donors (Lipinski definition) is 0. The lowest BCUT2D eigenvalue weighted by Crippen LogP contribution is -2.43. The van der Waals surface area contributed by atoms with E-state index in [2.05, 4.69) is 9.97 Å². The molecule has 152 valence electrons. The molecule has 0 N–H and O–H groups in total. The maximum atomic E-state index is 12.7. The highest BCUT2D eigenvalue weighted by Crippen LogP contribution is 2.35. The van der Waals surface area contributed by atoms with Gasteiger partial charge in [0.2, 0.25) is 5.88 Å². The highest BCUT2D eigenvalue weighted by molar-refractivity contribution is 7.91. The molecule has 7 nitrogen and oxygen atoms in total. The molecule has 1 aliphatic rings. The van der Waals surface area contributed by atoms with E-state index in [1.54, 1.807) is 4.90 Å². The molecule has 1 amide bonds. The summed E-state index contributed by atoms with van der Waals surface area (Å²) in [5.74, 6) is 0.276. The maximum Gasteiger partial charge on any atom is 0.260 e. The van der Waals surface area contributed by atoms with Crippen molar-refractivity contribution in [3.05, 3.63) is 42.7 Å². The summed E-state index contributed by atoms with van der Waals surface area (Å²) in [4.78, 5) is 24.6. The summed E-state index contributed by atoms with van der Waals surface area (Å²) in [6.07, 6.45) is 1.90. The van der Waals surface area contributed by atoms with E-state index in [-0.39, 0.29) is 30.1 Å². The second-order valence-electron chi connectivity index (χ2n) is 6.90. The Bertz CT molecular complexity index is 1130. The minimum absolute atomic E-state index is 0.0231. The van der Waals surface area contributed by atoms with Crippen LogP contribution in [0.15, 0.2) is 42.7 Å². The molecule has 3 heterocycles. The van der Waals surface area contributed by atoms with E-state index in [0.717, 1.165) is 20.7 Å². The molecule has 0 spiro atoms. The summed E-state index contributed by atoms with van der Waals surface area (Å²) in [5, 5.41) is 0.760. The quantitative estimate of drug-likeness (QED) is 0.596. The van der Waals surface area contributed by atoms with Crippen LogP contribution in [0.2, 0.25) is 0 Å². The molecule has 2 aromatic heterocycles. The van der Waals surface area contributed by atoms with E-state index in [0.29, 0.717) is 18.8 Å². The lowest BCUT2D eigenvalue weighted by molar-refractivity contribution is -0.135. The highest BCUT2D eigenvalue weighted by atomic mass is 32.2. The van der Waals surface area contributed by atoms with Crippen LogP contribution < -0.4 is 4.74 Å². The Balaban J connectivity index is 1.50. The molecule has 1 fully saturated rings. The standard InChI is InChI=1S/C20H21N3O4S2/c1-2-23(15-8-9-29(25,26)12-15)18(24)11-27-19-16-10-17(14-6-4-3-5-7-14)28-20(16)22-13-21-19/h3-7,10,13,15H,2,8-9,11-12H2,1H3/t15-/m1/s1. The van der Waals surface area contributed by atoms with Crippen molar-refractivity contribution in [3.63, 3.8) is 0 Å². The van der Waals surface area contributed by atoms with Crippen molar-refractivity contribution in [1.82, 2.24) is 14.9 Å². The fourth-order valence-electron chi connectivity index (χ4n) is 3.57. The van der Waals surface area contributed by atoms with Gasteiger partial charge in [-0.05, 0) is 25.0 Å². The summed E-state index contributed by atoms with van der Waals surface area (Å²) in [6.45, 7) is 2.10. The first kappa shape index (κ1) is 19.8. The van der Waals surface area contributed by atoms with Crippen LogP contribution in [0.25, 0.3) is 20.7 Å². The smallest absolute Gasteiger partial charge is 0.260 e. The number of ether oxygens (including phenoxy) is 1. The fourth-order valence-corrected chi connectivity index (χ4v) is 6.29. The van der Waals surface area contributed by atoms with E-state index in [4.69, 9.17) is 4.74 Å². The monoisotopic (exact) mass is 431 g/mol. The van der Waals surface area contributed by atoms with E-state index in [9.17, 15) is 13.2 Å². The maximum absolute atomic E-state index is 12.7. The number of carbonyl (C=O) groups is 1. The molecule has 0 bridgehead atoms. The Hall–Kier alpha value is -2.52. The molecule has 1 aromatic carbocycles. The van der Waals surface area contributed by atoms with Gasteiger partial charge in [0.15, 0.2) is 16.4 Å².